The van der Waals surface area contributed by atoms with Crippen molar-refractivity contribution in [2.24, 2.45) is 7.05 Å². The van der Waals surface area contributed by atoms with Crippen molar-refractivity contribution in [3.05, 3.63) is 74.4 Å². The van der Waals surface area contributed by atoms with Crippen LogP contribution in [0.1, 0.15) is 32.7 Å². The minimum absolute atomic E-state index is 0.247. The first kappa shape index (κ1) is 18.5. The Bertz CT molecular complexity index is 1010. The van der Waals surface area contributed by atoms with Crippen LogP contribution in [0.25, 0.3) is 0 Å². The predicted octanol–water partition coefficient (Wildman–Crippen LogP) is 5.68. The molecule has 26 heavy (non-hydrogen) atoms. The number of ether oxygens (including phenoxy) is 1. The Morgan fingerprint density at radius 3 is 2.54 bits per heavy atom. The monoisotopic (exact) mass is 388 g/mol. The van der Waals surface area contributed by atoms with Gasteiger partial charge in [-0.05, 0) is 56.2 Å². The standard InChI is InChI=1S/C20H18Cl2N2O2/c1-11-6-5-7-14(10-11)26-20-17(13(3)23-24(20)4)19(25)15-8-9-16(21)12(2)18(15)22/h5-10H,1-4H3. The van der Waals surface area contributed by atoms with E-state index >= 15 is 0 Å². The van der Waals surface area contributed by atoms with Crippen LogP contribution >= 0.6 is 23.2 Å². The van der Waals surface area contributed by atoms with E-state index in [0.29, 0.717) is 44.1 Å². The van der Waals surface area contributed by atoms with E-state index in [9.17, 15) is 4.79 Å². The minimum Gasteiger partial charge on any atom is -0.438 e. The number of halogens is 2. The molecule has 0 unspecified atom stereocenters. The molecule has 1 aromatic heterocycles. The van der Waals surface area contributed by atoms with Crippen LogP contribution in [-0.2, 0) is 7.05 Å². The van der Waals surface area contributed by atoms with E-state index in [1.807, 2.05) is 31.2 Å². The molecule has 0 spiro atoms. The molecule has 0 bridgehead atoms. The van der Waals surface area contributed by atoms with Crippen molar-refractivity contribution in [1.29, 1.82) is 0 Å². The molecule has 134 valence electrons. The highest BCUT2D eigenvalue weighted by Crippen LogP contribution is 2.33. The third kappa shape index (κ3) is 3.35. The fourth-order valence-electron chi connectivity index (χ4n) is 2.78. The van der Waals surface area contributed by atoms with Crippen molar-refractivity contribution in [3.8, 4) is 11.6 Å². The van der Waals surface area contributed by atoms with Crippen LogP contribution in [0, 0.1) is 20.8 Å². The number of hydrogen-bond donors (Lipinski definition) is 0. The molecule has 0 amide bonds. The molecule has 0 atom stereocenters. The molecule has 4 nitrogen and oxygen atoms in total. The summed E-state index contributed by atoms with van der Waals surface area (Å²) in [5.41, 5.74) is 3.06. The lowest BCUT2D eigenvalue weighted by molar-refractivity contribution is 0.103. The van der Waals surface area contributed by atoms with Crippen molar-refractivity contribution in [2.45, 2.75) is 20.8 Å². The SMILES string of the molecule is Cc1cccc(Oc2c(C(=O)c3ccc(Cl)c(C)c3Cl)c(C)nn2C)c1. The normalized spacial score (nSPS) is 10.8. The van der Waals surface area contributed by atoms with Gasteiger partial charge in [-0.25, -0.2) is 4.68 Å². The number of hydrogen-bond acceptors (Lipinski definition) is 3. The van der Waals surface area contributed by atoms with Crippen molar-refractivity contribution >= 4 is 29.0 Å². The maximum atomic E-state index is 13.2. The number of aryl methyl sites for hydroxylation is 3. The van der Waals surface area contributed by atoms with Crippen molar-refractivity contribution in [2.75, 3.05) is 0 Å². The van der Waals surface area contributed by atoms with Gasteiger partial charge in [-0.15, -0.1) is 0 Å². The molecule has 0 saturated heterocycles. The van der Waals surface area contributed by atoms with Gasteiger partial charge < -0.3 is 4.74 Å². The Balaban J connectivity index is 2.08. The molecular formula is C20H18Cl2N2O2. The summed E-state index contributed by atoms with van der Waals surface area (Å²) < 4.78 is 7.55. The Morgan fingerprint density at radius 2 is 1.85 bits per heavy atom. The van der Waals surface area contributed by atoms with Crippen LogP contribution in [0.2, 0.25) is 10.0 Å². The second kappa shape index (κ2) is 7.14. The Morgan fingerprint density at radius 1 is 1.12 bits per heavy atom. The molecule has 0 N–H and O–H groups in total. The quantitative estimate of drug-likeness (QED) is 0.540. The largest absolute Gasteiger partial charge is 0.438 e. The third-order valence-electron chi connectivity index (χ3n) is 4.17. The number of ketones is 1. The van der Waals surface area contributed by atoms with Crippen molar-refractivity contribution in [1.82, 2.24) is 9.78 Å². The highest BCUT2D eigenvalue weighted by Gasteiger charge is 2.26. The molecular weight excluding hydrogens is 371 g/mol. The van der Waals surface area contributed by atoms with Gasteiger partial charge in [-0.2, -0.15) is 5.10 Å². The fourth-order valence-corrected chi connectivity index (χ4v) is 3.23. The molecule has 0 aliphatic heterocycles. The molecule has 0 aliphatic carbocycles. The predicted molar refractivity (Wildman–Crippen MR) is 104 cm³/mol. The van der Waals surface area contributed by atoms with Gasteiger partial charge in [0.15, 0.2) is 0 Å². The van der Waals surface area contributed by atoms with Gasteiger partial charge >= 0.3 is 0 Å². The van der Waals surface area contributed by atoms with E-state index in [-0.39, 0.29) is 5.78 Å². The second-order valence-electron chi connectivity index (χ2n) is 6.17. The molecule has 3 rings (SSSR count). The summed E-state index contributed by atoms with van der Waals surface area (Å²) >= 11 is 12.5. The average Bonchev–Trinajstić information content (AvgIpc) is 2.86. The molecule has 1 heterocycles. The number of rotatable bonds is 4. The molecule has 0 radical (unpaired) electrons. The summed E-state index contributed by atoms with van der Waals surface area (Å²) in [6.45, 7) is 5.53. The molecule has 0 aliphatic rings. The number of nitrogens with zero attached hydrogens (tertiary/aromatic N) is 2. The average molecular weight is 389 g/mol. The first-order chi connectivity index (χ1) is 12.3. The summed E-state index contributed by atoms with van der Waals surface area (Å²) in [5, 5.41) is 5.21. The first-order valence-electron chi connectivity index (χ1n) is 8.07. The van der Waals surface area contributed by atoms with Crippen LogP contribution in [0.15, 0.2) is 36.4 Å². The third-order valence-corrected chi connectivity index (χ3v) is 5.06. The van der Waals surface area contributed by atoms with Gasteiger partial charge in [-0.3, -0.25) is 4.79 Å². The van der Waals surface area contributed by atoms with E-state index in [1.54, 1.807) is 37.7 Å². The highest BCUT2D eigenvalue weighted by atomic mass is 35.5. The van der Waals surface area contributed by atoms with Gasteiger partial charge in [-0.1, -0.05) is 35.3 Å². The number of benzene rings is 2. The van der Waals surface area contributed by atoms with E-state index in [0.717, 1.165) is 5.56 Å². The molecule has 0 saturated carbocycles. The molecule has 2 aromatic carbocycles. The number of carbonyl (C=O) groups is 1. The van der Waals surface area contributed by atoms with Crippen molar-refractivity contribution < 1.29 is 9.53 Å². The van der Waals surface area contributed by atoms with Crippen LogP contribution in [-0.4, -0.2) is 15.6 Å². The van der Waals surface area contributed by atoms with Gasteiger partial charge in [0.2, 0.25) is 11.7 Å². The second-order valence-corrected chi connectivity index (χ2v) is 6.96. The highest BCUT2D eigenvalue weighted by molar-refractivity contribution is 6.38. The molecule has 6 heteroatoms. The summed E-state index contributed by atoms with van der Waals surface area (Å²) in [6.07, 6.45) is 0. The summed E-state index contributed by atoms with van der Waals surface area (Å²) in [4.78, 5) is 13.2. The van der Waals surface area contributed by atoms with Crippen molar-refractivity contribution in [3.63, 3.8) is 0 Å². The van der Waals surface area contributed by atoms with E-state index in [2.05, 4.69) is 5.10 Å². The Hall–Kier alpha value is -2.30. The van der Waals surface area contributed by atoms with Gasteiger partial charge in [0.1, 0.15) is 11.3 Å². The van der Waals surface area contributed by atoms with Crippen LogP contribution in [0.4, 0.5) is 0 Å². The van der Waals surface area contributed by atoms with Crippen LogP contribution < -0.4 is 4.74 Å². The smallest absolute Gasteiger partial charge is 0.229 e. The zero-order valence-corrected chi connectivity index (χ0v) is 16.4. The van der Waals surface area contributed by atoms with E-state index in [4.69, 9.17) is 27.9 Å². The van der Waals surface area contributed by atoms with Crippen LogP contribution in [0.5, 0.6) is 11.6 Å². The molecule has 0 fully saturated rings. The zero-order chi connectivity index (χ0) is 19.0. The van der Waals surface area contributed by atoms with Gasteiger partial charge in [0.05, 0.1) is 10.7 Å². The summed E-state index contributed by atoms with van der Waals surface area (Å²) in [7, 11) is 1.74. The Labute approximate surface area is 162 Å². The lowest BCUT2D eigenvalue weighted by Crippen LogP contribution is -2.06. The van der Waals surface area contributed by atoms with Gasteiger partial charge in [0, 0.05) is 17.6 Å². The maximum absolute atomic E-state index is 13.2. The first-order valence-corrected chi connectivity index (χ1v) is 8.82. The number of carbonyl (C=O) groups excluding carboxylic acids is 1. The zero-order valence-electron chi connectivity index (χ0n) is 14.9. The van der Waals surface area contributed by atoms with E-state index in [1.165, 1.54) is 0 Å². The van der Waals surface area contributed by atoms with E-state index < -0.39 is 0 Å². The lowest BCUT2D eigenvalue weighted by atomic mass is 10.0. The molecule has 3 aromatic rings. The van der Waals surface area contributed by atoms with Gasteiger partial charge in [0.25, 0.3) is 0 Å². The lowest BCUT2D eigenvalue weighted by Gasteiger charge is -2.11. The fraction of sp³-hybridized carbons (Fsp3) is 0.200. The Kier molecular flexibility index (Phi) is 5.08. The topological polar surface area (TPSA) is 44.1 Å². The number of aromatic nitrogens is 2. The summed E-state index contributed by atoms with van der Waals surface area (Å²) in [5.74, 6) is 0.769. The summed E-state index contributed by atoms with van der Waals surface area (Å²) in [6, 6.07) is 10.9. The maximum Gasteiger partial charge on any atom is 0.229 e. The minimum atomic E-state index is -0.247. The van der Waals surface area contributed by atoms with Crippen LogP contribution in [0.3, 0.4) is 0 Å².